The smallest absolute Gasteiger partial charge is 0.315 e. The van der Waals surface area contributed by atoms with Crippen molar-refractivity contribution in [3.05, 3.63) is 10.8 Å². The van der Waals surface area contributed by atoms with Crippen molar-refractivity contribution < 1.29 is 4.79 Å². The second-order valence-electron chi connectivity index (χ2n) is 6.18. The number of urea groups is 1. The SMILES string of the molecule is O=C(NCc1nn2c(C3CC3)nnc2s1)NC1CCCCC1. The highest BCUT2D eigenvalue weighted by Crippen LogP contribution is 2.39. The Balaban J connectivity index is 1.33. The number of nitrogens with zero attached hydrogens (tertiary/aromatic N) is 4. The minimum absolute atomic E-state index is 0.0970. The molecule has 2 aliphatic carbocycles. The predicted octanol–water partition coefficient (Wildman–Crippen LogP) is 2.20. The summed E-state index contributed by atoms with van der Waals surface area (Å²) in [6, 6.07) is 0.230. The third-order valence-corrected chi connectivity index (χ3v) is 5.24. The molecule has 2 saturated carbocycles. The van der Waals surface area contributed by atoms with E-state index in [1.807, 2.05) is 4.52 Å². The van der Waals surface area contributed by atoms with Crippen LogP contribution in [0.1, 0.15) is 61.7 Å². The van der Waals surface area contributed by atoms with Crippen molar-refractivity contribution in [3.8, 4) is 0 Å². The Hall–Kier alpha value is -1.70. The first-order valence-electron chi connectivity index (χ1n) is 8.05. The molecule has 0 unspecified atom stereocenters. The number of carbonyl (C=O) groups is 1. The summed E-state index contributed by atoms with van der Waals surface area (Å²) >= 11 is 1.49. The summed E-state index contributed by atoms with van der Waals surface area (Å²) in [5.41, 5.74) is 0. The van der Waals surface area contributed by atoms with Crippen molar-refractivity contribution in [2.45, 2.75) is 63.5 Å². The molecule has 0 spiro atoms. The Morgan fingerprint density at radius 3 is 2.77 bits per heavy atom. The van der Waals surface area contributed by atoms with Gasteiger partial charge in [-0.05, 0) is 25.7 Å². The van der Waals surface area contributed by atoms with Gasteiger partial charge >= 0.3 is 6.03 Å². The summed E-state index contributed by atoms with van der Waals surface area (Å²) in [5, 5.41) is 19.7. The van der Waals surface area contributed by atoms with Crippen LogP contribution in [0.15, 0.2) is 0 Å². The highest BCUT2D eigenvalue weighted by molar-refractivity contribution is 7.16. The van der Waals surface area contributed by atoms with E-state index in [0.29, 0.717) is 18.5 Å². The van der Waals surface area contributed by atoms with E-state index >= 15 is 0 Å². The summed E-state index contributed by atoms with van der Waals surface area (Å²) in [6.07, 6.45) is 8.25. The van der Waals surface area contributed by atoms with Crippen molar-refractivity contribution in [3.63, 3.8) is 0 Å². The molecule has 2 heterocycles. The van der Waals surface area contributed by atoms with Crippen LogP contribution in [0.4, 0.5) is 4.79 Å². The Labute approximate surface area is 132 Å². The van der Waals surface area contributed by atoms with Crippen LogP contribution < -0.4 is 10.6 Å². The number of amides is 2. The van der Waals surface area contributed by atoms with Crippen molar-refractivity contribution >= 4 is 22.3 Å². The topological polar surface area (TPSA) is 84.2 Å². The van der Waals surface area contributed by atoms with Crippen LogP contribution in [-0.2, 0) is 6.54 Å². The molecule has 2 aliphatic rings. The highest BCUT2D eigenvalue weighted by Gasteiger charge is 2.30. The lowest BCUT2D eigenvalue weighted by atomic mass is 9.96. The van der Waals surface area contributed by atoms with Gasteiger partial charge in [-0.1, -0.05) is 30.6 Å². The zero-order valence-corrected chi connectivity index (χ0v) is 13.2. The van der Waals surface area contributed by atoms with E-state index < -0.39 is 0 Å². The minimum Gasteiger partial charge on any atom is -0.335 e. The Morgan fingerprint density at radius 1 is 1.18 bits per heavy atom. The fraction of sp³-hybridized carbons (Fsp3) is 0.714. The number of hydrogen-bond acceptors (Lipinski definition) is 5. The van der Waals surface area contributed by atoms with E-state index in [1.165, 1.54) is 43.4 Å². The molecule has 118 valence electrons. The fourth-order valence-electron chi connectivity index (χ4n) is 2.98. The summed E-state index contributed by atoms with van der Waals surface area (Å²) in [6.45, 7) is 0.441. The van der Waals surface area contributed by atoms with E-state index in [1.54, 1.807) is 0 Å². The van der Waals surface area contributed by atoms with Crippen molar-refractivity contribution in [2.75, 3.05) is 0 Å². The first-order chi connectivity index (χ1) is 10.8. The van der Waals surface area contributed by atoms with Crippen molar-refractivity contribution in [1.29, 1.82) is 0 Å². The third kappa shape index (κ3) is 2.92. The maximum absolute atomic E-state index is 11.9. The van der Waals surface area contributed by atoms with Gasteiger partial charge in [0.25, 0.3) is 0 Å². The van der Waals surface area contributed by atoms with Crippen LogP contribution in [0.25, 0.3) is 4.96 Å². The monoisotopic (exact) mass is 320 g/mol. The lowest BCUT2D eigenvalue weighted by Crippen LogP contribution is -2.42. The van der Waals surface area contributed by atoms with Gasteiger partial charge in [0.1, 0.15) is 5.01 Å². The van der Waals surface area contributed by atoms with Gasteiger partial charge in [0, 0.05) is 12.0 Å². The fourth-order valence-corrected chi connectivity index (χ4v) is 3.76. The third-order valence-electron chi connectivity index (χ3n) is 4.34. The maximum Gasteiger partial charge on any atom is 0.315 e. The van der Waals surface area contributed by atoms with Crippen LogP contribution >= 0.6 is 11.3 Å². The Bertz CT molecular complexity index is 670. The zero-order chi connectivity index (χ0) is 14.9. The molecule has 0 aliphatic heterocycles. The number of aromatic nitrogens is 4. The molecule has 0 saturated heterocycles. The summed E-state index contributed by atoms with van der Waals surface area (Å²) in [5.74, 6) is 1.48. The van der Waals surface area contributed by atoms with E-state index in [-0.39, 0.29) is 6.03 Å². The van der Waals surface area contributed by atoms with Gasteiger partial charge in [-0.2, -0.15) is 9.61 Å². The molecule has 2 aromatic heterocycles. The lowest BCUT2D eigenvalue weighted by Gasteiger charge is -2.22. The average Bonchev–Trinajstić information content (AvgIpc) is 3.16. The van der Waals surface area contributed by atoms with Gasteiger partial charge in [-0.3, -0.25) is 0 Å². The number of hydrogen-bond donors (Lipinski definition) is 2. The van der Waals surface area contributed by atoms with Gasteiger partial charge in [-0.15, -0.1) is 10.2 Å². The standard InChI is InChI=1S/C14H20N6OS/c21-13(16-10-4-2-1-3-5-10)15-8-11-19-20-12(9-6-7-9)17-18-14(20)22-11/h9-10H,1-8H2,(H2,15,16,21). The van der Waals surface area contributed by atoms with Gasteiger partial charge in [0.05, 0.1) is 6.54 Å². The molecule has 2 fully saturated rings. The van der Waals surface area contributed by atoms with E-state index in [4.69, 9.17) is 0 Å². The van der Waals surface area contributed by atoms with Gasteiger partial charge in [-0.25, -0.2) is 4.79 Å². The Kier molecular flexibility index (Phi) is 3.69. The molecule has 2 amide bonds. The molecule has 4 rings (SSSR count). The van der Waals surface area contributed by atoms with Crippen LogP contribution in [0.2, 0.25) is 0 Å². The van der Waals surface area contributed by atoms with E-state index in [0.717, 1.165) is 28.6 Å². The van der Waals surface area contributed by atoms with E-state index in [9.17, 15) is 4.79 Å². The second kappa shape index (κ2) is 5.83. The molecule has 0 radical (unpaired) electrons. The molecule has 0 aromatic carbocycles. The summed E-state index contributed by atoms with van der Waals surface area (Å²) in [4.78, 5) is 12.8. The molecule has 0 bridgehead atoms. The van der Waals surface area contributed by atoms with E-state index in [2.05, 4.69) is 25.9 Å². The molecule has 22 heavy (non-hydrogen) atoms. The molecular formula is C14H20N6OS. The minimum atomic E-state index is -0.0970. The van der Waals surface area contributed by atoms with Gasteiger partial charge in [0.2, 0.25) is 4.96 Å². The Morgan fingerprint density at radius 2 is 2.00 bits per heavy atom. The largest absolute Gasteiger partial charge is 0.335 e. The number of fused-ring (bicyclic) bond motifs is 1. The van der Waals surface area contributed by atoms with Gasteiger partial charge in [0.15, 0.2) is 5.82 Å². The quantitative estimate of drug-likeness (QED) is 0.904. The predicted molar refractivity (Wildman–Crippen MR) is 82.9 cm³/mol. The summed E-state index contributed by atoms with van der Waals surface area (Å²) in [7, 11) is 0. The maximum atomic E-state index is 11.9. The van der Waals surface area contributed by atoms with Crippen LogP contribution in [-0.4, -0.2) is 31.9 Å². The summed E-state index contributed by atoms with van der Waals surface area (Å²) < 4.78 is 1.83. The van der Waals surface area contributed by atoms with Crippen molar-refractivity contribution in [1.82, 2.24) is 30.4 Å². The number of rotatable bonds is 4. The number of carbonyl (C=O) groups excluding carboxylic acids is 1. The van der Waals surface area contributed by atoms with Crippen LogP contribution in [0.3, 0.4) is 0 Å². The molecule has 2 aromatic rings. The molecule has 7 nitrogen and oxygen atoms in total. The zero-order valence-electron chi connectivity index (χ0n) is 12.4. The molecular weight excluding hydrogens is 300 g/mol. The first kappa shape index (κ1) is 13.9. The van der Waals surface area contributed by atoms with Crippen molar-refractivity contribution in [2.24, 2.45) is 0 Å². The molecule has 0 atom stereocenters. The lowest BCUT2D eigenvalue weighted by molar-refractivity contribution is 0.232. The second-order valence-corrected chi connectivity index (χ2v) is 7.23. The normalized spacial score (nSPS) is 19.5. The average molecular weight is 320 g/mol. The van der Waals surface area contributed by atoms with Gasteiger partial charge < -0.3 is 10.6 Å². The van der Waals surface area contributed by atoms with Crippen LogP contribution in [0, 0.1) is 0 Å². The van der Waals surface area contributed by atoms with Crippen LogP contribution in [0.5, 0.6) is 0 Å². The molecule has 2 N–H and O–H groups in total. The number of nitrogens with one attached hydrogen (secondary N) is 2. The first-order valence-corrected chi connectivity index (χ1v) is 8.86. The molecule has 8 heteroatoms. The highest BCUT2D eigenvalue weighted by atomic mass is 32.1.